The van der Waals surface area contributed by atoms with Crippen LogP contribution in [-0.4, -0.2) is 22.5 Å². The summed E-state index contributed by atoms with van der Waals surface area (Å²) in [5.41, 5.74) is 0.232. The van der Waals surface area contributed by atoms with Crippen LogP contribution in [0, 0.1) is 0 Å². The lowest BCUT2D eigenvalue weighted by atomic mass is 10.1. The third-order valence-electron chi connectivity index (χ3n) is 2.06. The second kappa shape index (κ2) is 4.36. The number of aliphatic imine (C=N–C) groups is 1. The monoisotopic (exact) mass is 200 g/mol. The molecule has 3 heteroatoms. The van der Waals surface area contributed by atoms with E-state index in [0.717, 1.165) is 10.9 Å². The van der Waals surface area contributed by atoms with Crippen molar-refractivity contribution in [1.29, 1.82) is 0 Å². The van der Waals surface area contributed by atoms with Crippen LogP contribution in [0.4, 0.5) is 0 Å². The van der Waals surface area contributed by atoms with Gasteiger partial charge in [0.05, 0.1) is 0 Å². The predicted molar refractivity (Wildman–Crippen MR) is 61.5 cm³/mol. The quantitative estimate of drug-likeness (QED) is 0.757. The molecule has 76 valence electrons. The van der Waals surface area contributed by atoms with E-state index >= 15 is 0 Å². The van der Waals surface area contributed by atoms with Crippen LogP contribution in [0.15, 0.2) is 4.99 Å². The summed E-state index contributed by atoms with van der Waals surface area (Å²) in [5, 5.41) is 4.56. The molecule has 1 saturated heterocycles. The molecule has 0 aliphatic carbocycles. The highest BCUT2D eigenvalue weighted by Gasteiger charge is 2.27. The average molecular weight is 200 g/mol. The molecular weight excluding hydrogens is 180 g/mol. The minimum Gasteiger partial charge on any atom is -0.359 e. The van der Waals surface area contributed by atoms with Crippen molar-refractivity contribution in [2.45, 2.75) is 52.1 Å². The molecule has 0 bridgehead atoms. The molecule has 1 rings (SSSR count). The maximum absolute atomic E-state index is 4.63. The van der Waals surface area contributed by atoms with Gasteiger partial charge in [-0.1, -0.05) is 25.1 Å². The second-order valence-electron chi connectivity index (χ2n) is 4.37. The van der Waals surface area contributed by atoms with Crippen molar-refractivity contribution in [3.8, 4) is 0 Å². The first kappa shape index (κ1) is 10.9. The number of hydrogen-bond donors (Lipinski definition) is 1. The number of amidine groups is 1. The van der Waals surface area contributed by atoms with E-state index in [1.165, 1.54) is 12.8 Å². The summed E-state index contributed by atoms with van der Waals surface area (Å²) in [6, 6.07) is 0.467. The summed E-state index contributed by atoms with van der Waals surface area (Å²) < 4.78 is 0. The minimum absolute atomic E-state index is 0.232. The Balaban J connectivity index is 2.45. The van der Waals surface area contributed by atoms with Crippen LogP contribution in [0.3, 0.4) is 0 Å². The van der Waals surface area contributed by atoms with Crippen LogP contribution in [0.1, 0.15) is 40.5 Å². The van der Waals surface area contributed by atoms with E-state index in [9.17, 15) is 0 Å². The molecular formula is C10H20N2S. The lowest BCUT2D eigenvalue weighted by Gasteiger charge is -2.16. The highest BCUT2D eigenvalue weighted by atomic mass is 32.2. The van der Waals surface area contributed by atoms with Crippen molar-refractivity contribution in [3.05, 3.63) is 0 Å². The molecule has 1 aliphatic rings. The largest absolute Gasteiger partial charge is 0.359 e. The molecule has 0 aromatic heterocycles. The van der Waals surface area contributed by atoms with Gasteiger partial charge in [-0.3, -0.25) is 4.99 Å². The molecule has 0 aromatic carbocycles. The Hall–Kier alpha value is -0.180. The van der Waals surface area contributed by atoms with Gasteiger partial charge < -0.3 is 5.32 Å². The summed E-state index contributed by atoms with van der Waals surface area (Å²) in [5.74, 6) is 1.13. The molecule has 0 aromatic rings. The Labute approximate surface area is 85.6 Å². The molecule has 1 fully saturated rings. The van der Waals surface area contributed by atoms with E-state index in [-0.39, 0.29) is 5.54 Å². The number of thioether (sulfide) groups is 1. The summed E-state index contributed by atoms with van der Waals surface area (Å²) in [7, 11) is 0. The van der Waals surface area contributed by atoms with Gasteiger partial charge in [-0.2, -0.15) is 0 Å². The summed E-state index contributed by atoms with van der Waals surface area (Å²) in [6.45, 7) is 8.82. The number of nitrogens with one attached hydrogen (secondary N) is 1. The molecule has 1 N–H and O–H groups in total. The van der Waals surface area contributed by atoms with E-state index in [1.807, 2.05) is 11.8 Å². The van der Waals surface area contributed by atoms with Gasteiger partial charge in [0.2, 0.25) is 0 Å². The molecule has 1 atom stereocenters. The zero-order valence-electron chi connectivity index (χ0n) is 9.05. The fraction of sp³-hybridized carbons (Fsp3) is 0.900. The predicted octanol–water partition coefficient (Wildman–Crippen LogP) is 2.65. The van der Waals surface area contributed by atoms with Crippen LogP contribution in [0.25, 0.3) is 0 Å². The maximum Gasteiger partial charge on any atom is 0.157 e. The van der Waals surface area contributed by atoms with E-state index in [1.54, 1.807) is 0 Å². The first-order valence-electron chi connectivity index (χ1n) is 5.02. The van der Waals surface area contributed by atoms with Gasteiger partial charge in [0.15, 0.2) is 5.17 Å². The standard InChI is InChI=1S/C10H20N2S/c1-5-6-8(2)11-9-12-10(3,4)7-13-9/h8H,5-7H2,1-4H3,(H,11,12). The van der Waals surface area contributed by atoms with Crippen LogP contribution >= 0.6 is 11.8 Å². The lowest BCUT2D eigenvalue weighted by molar-refractivity contribution is 0.533. The first-order chi connectivity index (χ1) is 6.03. The van der Waals surface area contributed by atoms with Gasteiger partial charge in [0, 0.05) is 17.3 Å². The van der Waals surface area contributed by atoms with Gasteiger partial charge in [0.1, 0.15) is 0 Å². The van der Waals surface area contributed by atoms with E-state index in [2.05, 4.69) is 38.0 Å². The van der Waals surface area contributed by atoms with Crippen LogP contribution in [0.5, 0.6) is 0 Å². The number of nitrogens with zero attached hydrogens (tertiary/aromatic N) is 1. The third kappa shape index (κ3) is 3.59. The molecule has 0 amide bonds. The van der Waals surface area contributed by atoms with Gasteiger partial charge in [0.25, 0.3) is 0 Å². The molecule has 0 radical (unpaired) electrons. The first-order valence-corrected chi connectivity index (χ1v) is 6.01. The normalized spacial score (nSPS) is 26.0. The SMILES string of the molecule is CCCC(C)N=C1NC(C)(C)CS1. The van der Waals surface area contributed by atoms with Crippen molar-refractivity contribution >= 4 is 16.9 Å². The van der Waals surface area contributed by atoms with Crippen LogP contribution in [0.2, 0.25) is 0 Å². The van der Waals surface area contributed by atoms with Gasteiger partial charge >= 0.3 is 0 Å². The van der Waals surface area contributed by atoms with Gasteiger partial charge in [-0.15, -0.1) is 0 Å². The zero-order chi connectivity index (χ0) is 9.90. The van der Waals surface area contributed by atoms with Crippen molar-refractivity contribution < 1.29 is 0 Å². The Kier molecular flexibility index (Phi) is 3.65. The van der Waals surface area contributed by atoms with Crippen molar-refractivity contribution in [2.75, 3.05) is 5.75 Å². The minimum atomic E-state index is 0.232. The van der Waals surface area contributed by atoms with E-state index in [0.29, 0.717) is 6.04 Å². The van der Waals surface area contributed by atoms with Crippen molar-refractivity contribution in [2.24, 2.45) is 4.99 Å². The fourth-order valence-corrected chi connectivity index (χ4v) is 2.54. The molecule has 0 spiro atoms. The number of rotatable bonds is 3. The van der Waals surface area contributed by atoms with Crippen LogP contribution in [-0.2, 0) is 0 Å². The smallest absolute Gasteiger partial charge is 0.157 e. The lowest BCUT2D eigenvalue weighted by Crippen LogP contribution is -2.37. The molecule has 13 heavy (non-hydrogen) atoms. The highest BCUT2D eigenvalue weighted by Crippen LogP contribution is 2.22. The second-order valence-corrected chi connectivity index (χ2v) is 5.33. The van der Waals surface area contributed by atoms with Crippen molar-refractivity contribution in [3.63, 3.8) is 0 Å². The molecule has 1 unspecified atom stereocenters. The van der Waals surface area contributed by atoms with E-state index < -0.39 is 0 Å². The Morgan fingerprint density at radius 3 is 2.77 bits per heavy atom. The summed E-state index contributed by atoms with van der Waals surface area (Å²) >= 11 is 1.84. The zero-order valence-corrected chi connectivity index (χ0v) is 9.87. The Morgan fingerprint density at radius 1 is 1.62 bits per heavy atom. The topological polar surface area (TPSA) is 24.4 Å². The molecule has 1 aliphatic heterocycles. The van der Waals surface area contributed by atoms with Crippen molar-refractivity contribution in [1.82, 2.24) is 5.32 Å². The van der Waals surface area contributed by atoms with E-state index in [4.69, 9.17) is 0 Å². The fourth-order valence-electron chi connectivity index (χ4n) is 1.36. The average Bonchev–Trinajstić information content (AvgIpc) is 2.30. The summed E-state index contributed by atoms with van der Waals surface area (Å²) in [4.78, 5) is 4.63. The van der Waals surface area contributed by atoms with Gasteiger partial charge in [-0.05, 0) is 27.2 Å². The summed E-state index contributed by atoms with van der Waals surface area (Å²) in [6.07, 6.45) is 2.40. The maximum atomic E-state index is 4.63. The highest BCUT2D eigenvalue weighted by molar-refractivity contribution is 8.14. The number of hydrogen-bond acceptors (Lipinski definition) is 2. The van der Waals surface area contributed by atoms with Gasteiger partial charge in [-0.25, -0.2) is 0 Å². The molecule has 0 saturated carbocycles. The molecule has 1 heterocycles. The molecule has 2 nitrogen and oxygen atoms in total. The van der Waals surface area contributed by atoms with Crippen LogP contribution < -0.4 is 5.32 Å². The third-order valence-corrected chi connectivity index (χ3v) is 3.41. The Morgan fingerprint density at radius 2 is 2.31 bits per heavy atom. The Bertz CT molecular complexity index is 199.